The van der Waals surface area contributed by atoms with Gasteiger partial charge in [0.1, 0.15) is 11.6 Å². The van der Waals surface area contributed by atoms with Crippen LogP contribution in [0.25, 0.3) is 0 Å². The van der Waals surface area contributed by atoms with E-state index in [0.717, 1.165) is 31.4 Å². The summed E-state index contributed by atoms with van der Waals surface area (Å²) in [5, 5.41) is 0. The van der Waals surface area contributed by atoms with Crippen LogP contribution in [0, 0.1) is 5.82 Å². The van der Waals surface area contributed by atoms with Gasteiger partial charge in [-0.15, -0.1) is 0 Å². The Balaban J connectivity index is 1.84. The van der Waals surface area contributed by atoms with E-state index in [0.29, 0.717) is 24.4 Å². The van der Waals surface area contributed by atoms with Crippen LogP contribution in [-0.4, -0.2) is 39.4 Å². The van der Waals surface area contributed by atoms with Crippen LogP contribution in [0.4, 0.5) is 4.39 Å². The molecular weight excluding hydrogens is 395 g/mol. The maximum absolute atomic E-state index is 13.2. The number of nitrogens with zero attached hydrogens (tertiary/aromatic N) is 1. The number of carbonyl (C=O) groups is 1. The lowest BCUT2D eigenvalue weighted by Crippen LogP contribution is -2.39. The van der Waals surface area contributed by atoms with Crippen molar-refractivity contribution < 1.29 is 22.3 Å². The number of ether oxygens (including phenoxy) is 1. The number of carbonyl (C=O) groups excluding carboxylic acids is 1. The molecule has 1 N–H and O–H groups in total. The van der Waals surface area contributed by atoms with Crippen LogP contribution >= 0.6 is 0 Å². The number of nitrogens with one attached hydrogen (secondary N) is 1. The highest BCUT2D eigenvalue weighted by molar-refractivity contribution is 7.89. The van der Waals surface area contributed by atoms with Crippen LogP contribution in [0.3, 0.4) is 0 Å². The van der Waals surface area contributed by atoms with Crippen LogP contribution in [0.2, 0.25) is 0 Å². The van der Waals surface area contributed by atoms with E-state index in [2.05, 4.69) is 4.72 Å². The number of sulfonamides is 1. The quantitative estimate of drug-likeness (QED) is 0.746. The van der Waals surface area contributed by atoms with E-state index in [1.807, 2.05) is 0 Å². The second-order valence-electron chi connectivity index (χ2n) is 7.05. The summed E-state index contributed by atoms with van der Waals surface area (Å²) in [6.45, 7) is 1.39. The maximum atomic E-state index is 13.2. The Morgan fingerprint density at radius 2 is 1.69 bits per heavy atom. The third-order valence-electron chi connectivity index (χ3n) is 5.03. The summed E-state index contributed by atoms with van der Waals surface area (Å²) in [4.78, 5) is 14.5. The van der Waals surface area contributed by atoms with Gasteiger partial charge in [-0.25, -0.2) is 17.5 Å². The Kier molecular flexibility index (Phi) is 6.87. The van der Waals surface area contributed by atoms with Gasteiger partial charge in [0.2, 0.25) is 15.9 Å². The predicted octanol–water partition coefficient (Wildman–Crippen LogP) is 3.26. The number of hydrogen-bond donors (Lipinski definition) is 1. The second-order valence-corrected chi connectivity index (χ2v) is 8.76. The van der Waals surface area contributed by atoms with Gasteiger partial charge < -0.3 is 9.64 Å². The van der Waals surface area contributed by atoms with Gasteiger partial charge in [-0.3, -0.25) is 4.79 Å². The van der Waals surface area contributed by atoms with Gasteiger partial charge in [-0.2, -0.15) is 0 Å². The Morgan fingerprint density at radius 3 is 2.28 bits per heavy atom. The summed E-state index contributed by atoms with van der Waals surface area (Å²) in [6, 6.07) is 10.8. The summed E-state index contributed by atoms with van der Waals surface area (Å²) in [7, 11) is -2.39. The lowest BCUT2D eigenvalue weighted by Gasteiger charge is -2.29. The van der Waals surface area contributed by atoms with Gasteiger partial charge in [0, 0.05) is 19.5 Å². The van der Waals surface area contributed by atoms with Gasteiger partial charge in [0.05, 0.1) is 18.0 Å². The SMILES string of the molecule is COc1ccc(C(CC(=O)N2CCCCC2)NS(=O)(=O)c2ccc(F)cc2)cc1. The monoisotopic (exact) mass is 420 g/mol. The molecule has 0 aliphatic carbocycles. The fourth-order valence-corrected chi connectivity index (χ4v) is 4.60. The van der Waals surface area contributed by atoms with Crippen molar-refractivity contribution in [3.05, 3.63) is 59.9 Å². The predicted molar refractivity (Wildman–Crippen MR) is 108 cm³/mol. The van der Waals surface area contributed by atoms with Crippen molar-refractivity contribution >= 4 is 15.9 Å². The molecule has 1 fully saturated rings. The summed E-state index contributed by atoms with van der Waals surface area (Å²) >= 11 is 0. The van der Waals surface area contributed by atoms with Crippen LogP contribution in [0.5, 0.6) is 5.75 Å². The molecular formula is C21H25FN2O4S. The van der Waals surface area contributed by atoms with Crippen molar-refractivity contribution in [1.29, 1.82) is 0 Å². The summed E-state index contributed by atoms with van der Waals surface area (Å²) in [5.41, 5.74) is 0.654. The lowest BCUT2D eigenvalue weighted by atomic mass is 10.0. The van der Waals surface area contributed by atoms with Crippen LogP contribution < -0.4 is 9.46 Å². The van der Waals surface area contributed by atoms with Gasteiger partial charge in [-0.05, 0) is 61.2 Å². The summed E-state index contributed by atoms with van der Waals surface area (Å²) in [6.07, 6.45) is 3.02. The third-order valence-corrected chi connectivity index (χ3v) is 6.51. The largest absolute Gasteiger partial charge is 0.497 e. The number of amides is 1. The molecule has 0 saturated carbocycles. The lowest BCUT2D eigenvalue weighted by molar-refractivity contribution is -0.132. The molecule has 0 spiro atoms. The number of methoxy groups -OCH3 is 1. The van der Waals surface area contributed by atoms with Crippen LogP contribution in [0.1, 0.15) is 37.3 Å². The molecule has 2 aromatic rings. The molecule has 1 saturated heterocycles. The molecule has 156 valence electrons. The van der Waals surface area contributed by atoms with Gasteiger partial charge in [0.25, 0.3) is 0 Å². The zero-order valence-corrected chi connectivity index (χ0v) is 17.1. The van der Waals surface area contributed by atoms with E-state index < -0.39 is 21.9 Å². The molecule has 1 aliphatic heterocycles. The Morgan fingerprint density at radius 1 is 1.07 bits per heavy atom. The van der Waals surface area contributed by atoms with Gasteiger partial charge in [0.15, 0.2) is 0 Å². The maximum Gasteiger partial charge on any atom is 0.241 e. The zero-order chi connectivity index (χ0) is 20.9. The van der Waals surface area contributed by atoms with E-state index in [1.165, 1.54) is 12.1 Å². The minimum absolute atomic E-state index is 0.00670. The van der Waals surface area contributed by atoms with Crippen molar-refractivity contribution in [2.45, 2.75) is 36.6 Å². The molecule has 3 rings (SSSR count). The molecule has 1 unspecified atom stereocenters. The molecule has 0 radical (unpaired) electrons. The van der Waals surface area contributed by atoms with Crippen LogP contribution in [0.15, 0.2) is 53.4 Å². The summed E-state index contributed by atoms with van der Waals surface area (Å²) in [5.74, 6) is 0.0273. The van der Waals surface area contributed by atoms with Gasteiger partial charge >= 0.3 is 0 Å². The Labute approximate surface area is 170 Å². The second kappa shape index (κ2) is 9.37. The number of hydrogen-bond acceptors (Lipinski definition) is 4. The number of rotatable bonds is 7. The van der Waals surface area contributed by atoms with Crippen LogP contribution in [-0.2, 0) is 14.8 Å². The Bertz CT molecular complexity index is 924. The molecule has 8 heteroatoms. The average molecular weight is 421 g/mol. The van der Waals surface area contributed by atoms with Crippen molar-refractivity contribution in [1.82, 2.24) is 9.62 Å². The van der Waals surface area contributed by atoms with E-state index in [4.69, 9.17) is 4.74 Å². The fourth-order valence-electron chi connectivity index (χ4n) is 3.38. The van der Waals surface area contributed by atoms with E-state index in [-0.39, 0.29) is 17.2 Å². The number of halogens is 1. The average Bonchev–Trinajstić information content (AvgIpc) is 2.74. The molecule has 6 nitrogen and oxygen atoms in total. The van der Waals surface area contributed by atoms with Gasteiger partial charge in [-0.1, -0.05) is 12.1 Å². The summed E-state index contributed by atoms with van der Waals surface area (Å²) < 4.78 is 46.6. The smallest absolute Gasteiger partial charge is 0.241 e. The minimum Gasteiger partial charge on any atom is -0.497 e. The molecule has 2 aromatic carbocycles. The zero-order valence-electron chi connectivity index (χ0n) is 16.3. The molecule has 1 aliphatic rings. The number of piperidine rings is 1. The first kappa shape index (κ1) is 21.3. The topological polar surface area (TPSA) is 75.7 Å². The first-order chi connectivity index (χ1) is 13.9. The van der Waals surface area contributed by atoms with Crippen molar-refractivity contribution in [3.63, 3.8) is 0 Å². The van der Waals surface area contributed by atoms with E-state index >= 15 is 0 Å². The first-order valence-electron chi connectivity index (χ1n) is 9.59. The molecule has 0 aromatic heterocycles. The molecule has 1 amide bonds. The molecule has 0 bridgehead atoms. The standard InChI is InChI=1S/C21H25FN2O4S/c1-28-18-9-5-16(6-10-18)20(15-21(25)24-13-3-2-4-14-24)23-29(26,27)19-11-7-17(22)8-12-19/h5-12,20,23H,2-4,13-15H2,1H3. The fraction of sp³-hybridized carbons (Fsp3) is 0.381. The highest BCUT2D eigenvalue weighted by Gasteiger charge is 2.26. The highest BCUT2D eigenvalue weighted by atomic mass is 32.2. The molecule has 1 heterocycles. The molecule has 1 atom stereocenters. The highest BCUT2D eigenvalue weighted by Crippen LogP contribution is 2.24. The van der Waals surface area contributed by atoms with E-state index in [1.54, 1.807) is 36.3 Å². The molecule has 29 heavy (non-hydrogen) atoms. The normalized spacial score (nSPS) is 15.7. The van der Waals surface area contributed by atoms with Crippen molar-refractivity contribution in [2.75, 3.05) is 20.2 Å². The minimum atomic E-state index is -3.94. The Hall–Kier alpha value is -2.45. The van der Waals surface area contributed by atoms with Crippen molar-refractivity contribution in [2.24, 2.45) is 0 Å². The van der Waals surface area contributed by atoms with Crippen molar-refractivity contribution in [3.8, 4) is 5.75 Å². The third kappa shape index (κ3) is 5.55. The first-order valence-corrected chi connectivity index (χ1v) is 11.1. The van der Waals surface area contributed by atoms with E-state index in [9.17, 15) is 17.6 Å². The number of benzene rings is 2. The number of likely N-dealkylation sites (tertiary alicyclic amines) is 1.